The molecule has 4 rings (SSSR count). The van der Waals surface area contributed by atoms with Crippen molar-refractivity contribution in [2.75, 3.05) is 18.0 Å². The predicted molar refractivity (Wildman–Crippen MR) is 120 cm³/mol. The molecule has 4 nitrogen and oxygen atoms in total. The molecule has 1 fully saturated rings. The number of nitrogens with one attached hydrogen (secondary N) is 1. The van der Waals surface area contributed by atoms with Crippen LogP contribution >= 0.6 is 11.3 Å². The highest BCUT2D eigenvalue weighted by atomic mass is 32.1. The van der Waals surface area contributed by atoms with E-state index in [1.54, 1.807) is 11.3 Å². The summed E-state index contributed by atoms with van der Waals surface area (Å²) in [6.07, 6.45) is 2.85. The molecule has 3 aromatic rings. The number of aromatic nitrogens is 1. The zero-order valence-corrected chi connectivity index (χ0v) is 17.9. The molecule has 1 aliphatic heterocycles. The lowest BCUT2D eigenvalue weighted by molar-refractivity contribution is -0.120. The Hall–Kier alpha value is -2.66. The SMILES string of the molecule is Cc1ccc(-c2nc(C)sc2CC(=O)NCc2ccccc2N2CCCC2)cc1. The molecular formula is C24H27N3OS. The number of carbonyl (C=O) groups excluding carboxylic acids is 1. The number of aryl methyl sites for hydroxylation is 2. The van der Waals surface area contributed by atoms with Crippen LogP contribution in [0.4, 0.5) is 5.69 Å². The number of nitrogens with zero attached hydrogens (tertiary/aromatic N) is 2. The summed E-state index contributed by atoms with van der Waals surface area (Å²) in [6, 6.07) is 16.7. The topological polar surface area (TPSA) is 45.2 Å². The van der Waals surface area contributed by atoms with E-state index in [0.29, 0.717) is 13.0 Å². The maximum absolute atomic E-state index is 12.7. The largest absolute Gasteiger partial charge is 0.371 e. The van der Waals surface area contributed by atoms with Crippen LogP contribution in [0.2, 0.25) is 0 Å². The third kappa shape index (κ3) is 4.67. The molecule has 1 saturated heterocycles. The second kappa shape index (κ2) is 8.78. The van der Waals surface area contributed by atoms with Crippen LogP contribution in [-0.4, -0.2) is 24.0 Å². The lowest BCUT2D eigenvalue weighted by Gasteiger charge is -2.21. The van der Waals surface area contributed by atoms with E-state index >= 15 is 0 Å². The number of amides is 1. The van der Waals surface area contributed by atoms with Crippen molar-refractivity contribution in [3.05, 3.63) is 69.5 Å². The van der Waals surface area contributed by atoms with Gasteiger partial charge >= 0.3 is 0 Å². The molecular weight excluding hydrogens is 378 g/mol. The third-order valence-corrected chi connectivity index (χ3v) is 6.34. The van der Waals surface area contributed by atoms with E-state index < -0.39 is 0 Å². The maximum atomic E-state index is 12.7. The maximum Gasteiger partial charge on any atom is 0.225 e. The van der Waals surface area contributed by atoms with E-state index in [0.717, 1.165) is 34.2 Å². The number of carbonyl (C=O) groups is 1. The van der Waals surface area contributed by atoms with Crippen molar-refractivity contribution in [1.29, 1.82) is 0 Å². The van der Waals surface area contributed by atoms with E-state index in [1.165, 1.54) is 29.7 Å². The number of hydrogen-bond acceptors (Lipinski definition) is 4. The molecule has 0 bridgehead atoms. The Morgan fingerprint density at radius 3 is 2.55 bits per heavy atom. The molecule has 1 aliphatic rings. The van der Waals surface area contributed by atoms with E-state index in [1.807, 2.05) is 13.0 Å². The van der Waals surface area contributed by atoms with Crippen LogP contribution in [0.25, 0.3) is 11.3 Å². The average molecular weight is 406 g/mol. The molecule has 2 aromatic carbocycles. The summed E-state index contributed by atoms with van der Waals surface area (Å²) >= 11 is 1.61. The first-order valence-corrected chi connectivity index (χ1v) is 11.0. The molecule has 5 heteroatoms. The highest BCUT2D eigenvalue weighted by molar-refractivity contribution is 7.12. The molecule has 0 atom stereocenters. The first-order valence-electron chi connectivity index (χ1n) is 10.2. The lowest BCUT2D eigenvalue weighted by Crippen LogP contribution is -2.26. The number of anilines is 1. The van der Waals surface area contributed by atoms with Crippen LogP contribution < -0.4 is 10.2 Å². The van der Waals surface area contributed by atoms with E-state index in [4.69, 9.17) is 0 Å². The van der Waals surface area contributed by atoms with Crippen molar-refractivity contribution in [3.8, 4) is 11.3 Å². The molecule has 2 heterocycles. The summed E-state index contributed by atoms with van der Waals surface area (Å²) < 4.78 is 0. The van der Waals surface area contributed by atoms with Crippen LogP contribution in [0.5, 0.6) is 0 Å². The number of hydrogen-bond donors (Lipinski definition) is 1. The second-order valence-electron chi connectivity index (χ2n) is 7.65. The molecule has 1 aromatic heterocycles. The van der Waals surface area contributed by atoms with Crippen LogP contribution in [0.3, 0.4) is 0 Å². The van der Waals surface area contributed by atoms with Crippen molar-refractivity contribution < 1.29 is 4.79 Å². The predicted octanol–water partition coefficient (Wildman–Crippen LogP) is 4.89. The van der Waals surface area contributed by atoms with Gasteiger partial charge in [-0.3, -0.25) is 4.79 Å². The fourth-order valence-corrected chi connectivity index (χ4v) is 4.81. The zero-order valence-electron chi connectivity index (χ0n) is 17.1. The Morgan fingerprint density at radius 2 is 1.79 bits per heavy atom. The summed E-state index contributed by atoms with van der Waals surface area (Å²) in [6.45, 7) is 6.83. The van der Waals surface area contributed by atoms with Crippen molar-refractivity contribution in [3.63, 3.8) is 0 Å². The van der Waals surface area contributed by atoms with Gasteiger partial charge in [-0.1, -0.05) is 48.0 Å². The van der Waals surface area contributed by atoms with Gasteiger partial charge < -0.3 is 10.2 Å². The molecule has 0 saturated carbocycles. The molecule has 0 unspecified atom stereocenters. The van der Waals surface area contributed by atoms with Crippen LogP contribution in [0, 0.1) is 13.8 Å². The normalized spacial score (nSPS) is 13.7. The Morgan fingerprint density at radius 1 is 1.07 bits per heavy atom. The number of thiazole rings is 1. The van der Waals surface area contributed by atoms with Gasteiger partial charge in [0.1, 0.15) is 0 Å². The fourth-order valence-electron chi connectivity index (χ4n) is 3.86. The quantitative estimate of drug-likeness (QED) is 0.635. The first kappa shape index (κ1) is 19.6. The second-order valence-corrected chi connectivity index (χ2v) is 8.93. The van der Waals surface area contributed by atoms with E-state index in [9.17, 15) is 4.79 Å². The van der Waals surface area contributed by atoms with Crippen molar-refractivity contribution in [2.45, 2.75) is 39.7 Å². The van der Waals surface area contributed by atoms with E-state index in [2.05, 4.69) is 64.6 Å². The summed E-state index contributed by atoms with van der Waals surface area (Å²) in [5.74, 6) is 0.0400. The molecule has 1 amide bonds. The monoisotopic (exact) mass is 405 g/mol. The van der Waals surface area contributed by atoms with Gasteiger partial charge in [0.25, 0.3) is 0 Å². The minimum Gasteiger partial charge on any atom is -0.371 e. The number of para-hydroxylation sites is 1. The molecule has 1 N–H and O–H groups in total. The van der Waals surface area contributed by atoms with Crippen LogP contribution in [0.1, 0.15) is 33.9 Å². The third-order valence-electron chi connectivity index (χ3n) is 5.36. The van der Waals surface area contributed by atoms with Gasteiger partial charge in [0, 0.05) is 35.8 Å². The van der Waals surface area contributed by atoms with Crippen LogP contribution in [-0.2, 0) is 17.8 Å². The molecule has 29 heavy (non-hydrogen) atoms. The smallest absolute Gasteiger partial charge is 0.225 e. The average Bonchev–Trinajstić information content (AvgIpc) is 3.37. The van der Waals surface area contributed by atoms with Gasteiger partial charge in [0.15, 0.2) is 0 Å². The van der Waals surface area contributed by atoms with Gasteiger partial charge in [0.2, 0.25) is 5.91 Å². The Kier molecular flexibility index (Phi) is 5.95. The van der Waals surface area contributed by atoms with Gasteiger partial charge in [-0.25, -0.2) is 4.98 Å². The van der Waals surface area contributed by atoms with Crippen LogP contribution in [0.15, 0.2) is 48.5 Å². The highest BCUT2D eigenvalue weighted by Crippen LogP contribution is 2.29. The van der Waals surface area contributed by atoms with Gasteiger partial charge in [-0.2, -0.15) is 0 Å². The van der Waals surface area contributed by atoms with Crippen molar-refractivity contribution in [1.82, 2.24) is 10.3 Å². The molecule has 0 spiro atoms. The molecule has 0 radical (unpaired) electrons. The summed E-state index contributed by atoms with van der Waals surface area (Å²) in [5.41, 5.74) is 5.65. The summed E-state index contributed by atoms with van der Waals surface area (Å²) in [4.78, 5) is 20.8. The van der Waals surface area contributed by atoms with Crippen molar-refractivity contribution in [2.24, 2.45) is 0 Å². The van der Waals surface area contributed by atoms with Gasteiger partial charge in [-0.15, -0.1) is 11.3 Å². The minimum atomic E-state index is 0.0400. The Balaban J connectivity index is 1.44. The standard InChI is InChI=1S/C24H27N3OS/c1-17-9-11-19(12-10-17)24-22(29-18(2)26-24)15-23(28)25-16-20-7-3-4-8-21(20)27-13-5-6-14-27/h3-4,7-12H,5-6,13-16H2,1-2H3,(H,25,28). The number of rotatable bonds is 6. The lowest BCUT2D eigenvalue weighted by atomic mass is 10.1. The molecule has 150 valence electrons. The number of benzene rings is 2. The Labute approximate surface area is 176 Å². The Bertz CT molecular complexity index is 988. The zero-order chi connectivity index (χ0) is 20.2. The highest BCUT2D eigenvalue weighted by Gasteiger charge is 2.17. The van der Waals surface area contributed by atoms with Crippen molar-refractivity contribution >= 4 is 22.9 Å². The van der Waals surface area contributed by atoms with E-state index in [-0.39, 0.29) is 5.91 Å². The van der Waals surface area contributed by atoms with Gasteiger partial charge in [0.05, 0.1) is 17.1 Å². The molecule has 0 aliphatic carbocycles. The minimum absolute atomic E-state index is 0.0400. The summed E-state index contributed by atoms with van der Waals surface area (Å²) in [7, 11) is 0. The fraction of sp³-hybridized carbons (Fsp3) is 0.333. The summed E-state index contributed by atoms with van der Waals surface area (Å²) in [5, 5.41) is 4.11. The van der Waals surface area contributed by atoms with Gasteiger partial charge in [-0.05, 0) is 38.3 Å². The first-order chi connectivity index (χ1) is 14.1.